The average molecular weight is 225 g/mol. The van der Waals surface area contributed by atoms with Gasteiger partial charge in [-0.3, -0.25) is 0 Å². The number of anilines is 1. The van der Waals surface area contributed by atoms with Crippen LogP contribution in [-0.4, -0.2) is 19.5 Å². The fourth-order valence-corrected chi connectivity index (χ4v) is 2.89. The predicted octanol–water partition coefficient (Wildman–Crippen LogP) is 0.482. The molecule has 0 aliphatic carbocycles. The lowest BCUT2D eigenvalue weighted by molar-refractivity contribution is -0.130. The molecular weight excluding hydrogens is 218 g/mol. The van der Waals surface area contributed by atoms with E-state index in [1.54, 1.807) is 0 Å². The topological polar surface area (TPSA) is 97.5 Å². The Bertz CT molecular complexity index is 586. The van der Waals surface area contributed by atoms with E-state index in [1.807, 2.05) is 0 Å². The summed E-state index contributed by atoms with van der Waals surface area (Å²) in [7, 11) is -3.65. The van der Waals surface area contributed by atoms with Crippen LogP contribution in [0.2, 0.25) is 0 Å². The van der Waals surface area contributed by atoms with Crippen molar-refractivity contribution < 1.29 is 18.3 Å². The van der Waals surface area contributed by atoms with E-state index in [0.29, 0.717) is 0 Å². The van der Waals surface area contributed by atoms with E-state index >= 15 is 0 Å². The molecular formula is C9H7NO4S. The van der Waals surface area contributed by atoms with Crippen LogP contribution in [0.4, 0.5) is 5.69 Å². The van der Waals surface area contributed by atoms with Crippen LogP contribution in [0.15, 0.2) is 28.5 Å². The summed E-state index contributed by atoms with van der Waals surface area (Å²) >= 11 is 0. The van der Waals surface area contributed by atoms with Crippen molar-refractivity contribution >= 4 is 27.1 Å². The number of fused-ring (bicyclic) bond motifs is 1. The van der Waals surface area contributed by atoms with E-state index in [0.717, 1.165) is 5.41 Å². The number of aliphatic carboxylic acids is 1. The normalized spacial score (nSPS) is 16.9. The van der Waals surface area contributed by atoms with E-state index in [2.05, 4.69) is 0 Å². The van der Waals surface area contributed by atoms with Crippen LogP contribution >= 0.6 is 0 Å². The van der Waals surface area contributed by atoms with Crippen molar-refractivity contribution in [2.24, 2.45) is 0 Å². The molecule has 0 fully saturated rings. The molecule has 1 aromatic rings. The second-order valence-electron chi connectivity index (χ2n) is 3.14. The van der Waals surface area contributed by atoms with E-state index in [1.165, 1.54) is 18.2 Å². The van der Waals surface area contributed by atoms with E-state index in [-0.39, 0.29) is 21.7 Å². The van der Waals surface area contributed by atoms with Crippen LogP contribution in [0.1, 0.15) is 5.56 Å². The molecule has 0 saturated carbocycles. The van der Waals surface area contributed by atoms with Gasteiger partial charge >= 0.3 is 5.97 Å². The maximum Gasteiger partial charge on any atom is 0.337 e. The van der Waals surface area contributed by atoms with Gasteiger partial charge in [-0.2, -0.15) is 0 Å². The fraction of sp³-hybridized carbons (Fsp3) is 0. The number of hydrogen-bond acceptors (Lipinski definition) is 4. The zero-order valence-electron chi connectivity index (χ0n) is 7.47. The number of carbonyl (C=O) groups is 1. The van der Waals surface area contributed by atoms with Crippen molar-refractivity contribution in [3.8, 4) is 0 Å². The molecule has 0 spiro atoms. The van der Waals surface area contributed by atoms with Crippen molar-refractivity contribution in [1.82, 2.24) is 0 Å². The summed E-state index contributed by atoms with van der Waals surface area (Å²) in [6.07, 6.45) is 0. The van der Waals surface area contributed by atoms with Gasteiger partial charge in [-0.15, -0.1) is 0 Å². The number of sulfone groups is 1. The summed E-state index contributed by atoms with van der Waals surface area (Å²) in [4.78, 5) is 10.7. The van der Waals surface area contributed by atoms with Crippen molar-refractivity contribution in [2.45, 2.75) is 4.90 Å². The molecule has 15 heavy (non-hydrogen) atoms. The number of nitrogens with two attached hydrogens (primary N) is 1. The Balaban J connectivity index is 2.79. The largest absolute Gasteiger partial charge is 0.478 e. The minimum atomic E-state index is -3.65. The third-order valence-electron chi connectivity index (χ3n) is 2.11. The van der Waals surface area contributed by atoms with Gasteiger partial charge in [0.15, 0.2) is 0 Å². The highest BCUT2D eigenvalue weighted by molar-refractivity contribution is 7.95. The van der Waals surface area contributed by atoms with Crippen LogP contribution in [0.25, 0.3) is 5.57 Å². The summed E-state index contributed by atoms with van der Waals surface area (Å²) < 4.78 is 23.0. The molecule has 1 heterocycles. The zero-order valence-corrected chi connectivity index (χ0v) is 8.28. The molecule has 0 atom stereocenters. The Morgan fingerprint density at radius 1 is 1.33 bits per heavy atom. The summed E-state index contributed by atoms with van der Waals surface area (Å²) in [5.41, 5.74) is 5.70. The van der Waals surface area contributed by atoms with Crippen LogP contribution in [0.5, 0.6) is 0 Å². The summed E-state index contributed by atoms with van der Waals surface area (Å²) in [5.74, 6) is -1.26. The monoisotopic (exact) mass is 225 g/mol. The fourth-order valence-electron chi connectivity index (χ4n) is 1.44. The second-order valence-corrected chi connectivity index (χ2v) is 4.90. The Hall–Kier alpha value is -1.82. The number of rotatable bonds is 1. The van der Waals surface area contributed by atoms with Gasteiger partial charge in [-0.1, -0.05) is 6.07 Å². The molecule has 0 amide bonds. The molecule has 1 aromatic carbocycles. The molecule has 5 nitrogen and oxygen atoms in total. The molecule has 0 unspecified atom stereocenters. The molecule has 6 heteroatoms. The number of hydrogen-bond donors (Lipinski definition) is 2. The third kappa shape index (κ3) is 1.39. The van der Waals surface area contributed by atoms with Crippen LogP contribution in [0, 0.1) is 0 Å². The van der Waals surface area contributed by atoms with Crippen LogP contribution in [0.3, 0.4) is 0 Å². The SMILES string of the molecule is Nc1ccc2c(c1)S(=O)(=O)C=C2C(=O)O. The van der Waals surface area contributed by atoms with Gasteiger partial charge in [0.1, 0.15) is 0 Å². The van der Waals surface area contributed by atoms with Crippen molar-refractivity contribution in [2.75, 3.05) is 5.73 Å². The van der Waals surface area contributed by atoms with Crippen LogP contribution in [-0.2, 0) is 14.6 Å². The maximum absolute atomic E-state index is 11.5. The number of carboxylic acid groups (broad SMARTS) is 1. The predicted molar refractivity (Wildman–Crippen MR) is 53.7 cm³/mol. The molecule has 0 saturated heterocycles. The summed E-state index contributed by atoms with van der Waals surface area (Å²) in [6, 6.07) is 4.13. The molecule has 78 valence electrons. The Kier molecular flexibility index (Phi) is 1.84. The first-order valence-electron chi connectivity index (χ1n) is 4.02. The highest BCUT2D eigenvalue weighted by atomic mass is 32.2. The summed E-state index contributed by atoms with van der Waals surface area (Å²) in [6.45, 7) is 0. The molecule has 0 aromatic heterocycles. The minimum absolute atomic E-state index is 0.0418. The number of nitrogen functional groups attached to an aromatic ring is 1. The van der Waals surface area contributed by atoms with Gasteiger partial charge in [0.2, 0.25) is 9.84 Å². The lowest BCUT2D eigenvalue weighted by atomic mass is 10.1. The standard InChI is InChI=1S/C9H7NO4S/c10-5-1-2-6-7(9(11)12)4-15(13,14)8(6)3-5/h1-4H,10H2,(H,11,12). The molecule has 2 rings (SSSR count). The first kappa shape index (κ1) is 9.72. The van der Waals surface area contributed by atoms with Gasteiger partial charge in [0.05, 0.1) is 15.9 Å². The molecule has 1 aliphatic rings. The summed E-state index contributed by atoms with van der Waals surface area (Å²) in [5, 5.41) is 9.55. The van der Waals surface area contributed by atoms with Crippen molar-refractivity contribution in [1.29, 1.82) is 0 Å². The maximum atomic E-state index is 11.5. The minimum Gasteiger partial charge on any atom is -0.478 e. The smallest absolute Gasteiger partial charge is 0.337 e. The first-order valence-corrected chi connectivity index (χ1v) is 5.56. The van der Waals surface area contributed by atoms with E-state index in [9.17, 15) is 13.2 Å². The highest BCUT2D eigenvalue weighted by Gasteiger charge is 2.30. The highest BCUT2D eigenvalue weighted by Crippen LogP contribution is 2.34. The Morgan fingerprint density at radius 3 is 2.60 bits per heavy atom. The molecule has 0 radical (unpaired) electrons. The lowest BCUT2D eigenvalue weighted by Gasteiger charge is -2.01. The Labute approximate surface area is 85.8 Å². The van der Waals surface area contributed by atoms with Gasteiger partial charge in [-0.05, 0) is 12.1 Å². The van der Waals surface area contributed by atoms with E-state index in [4.69, 9.17) is 10.8 Å². The molecule has 3 N–H and O–H groups in total. The quantitative estimate of drug-likeness (QED) is 0.677. The van der Waals surface area contributed by atoms with Crippen LogP contribution < -0.4 is 5.73 Å². The third-order valence-corrected chi connectivity index (χ3v) is 3.60. The number of carboxylic acids is 1. The van der Waals surface area contributed by atoms with Crippen molar-refractivity contribution in [3.05, 3.63) is 29.2 Å². The molecule has 1 aliphatic heterocycles. The van der Waals surface area contributed by atoms with E-state index < -0.39 is 15.8 Å². The van der Waals surface area contributed by atoms with Gasteiger partial charge in [0.25, 0.3) is 0 Å². The average Bonchev–Trinajstić information content (AvgIpc) is 2.39. The van der Waals surface area contributed by atoms with Gasteiger partial charge in [-0.25, -0.2) is 13.2 Å². The van der Waals surface area contributed by atoms with Crippen molar-refractivity contribution in [3.63, 3.8) is 0 Å². The van der Waals surface area contributed by atoms with Gasteiger partial charge < -0.3 is 10.8 Å². The lowest BCUT2D eigenvalue weighted by Crippen LogP contribution is -1.98. The van der Waals surface area contributed by atoms with Gasteiger partial charge in [0, 0.05) is 11.3 Å². The Morgan fingerprint density at radius 2 is 2.00 bits per heavy atom. The first-order chi connectivity index (χ1) is 6.92. The zero-order chi connectivity index (χ0) is 11.2. The molecule has 0 bridgehead atoms. The second kappa shape index (κ2) is 2.83. The number of benzene rings is 1.